The van der Waals surface area contributed by atoms with Gasteiger partial charge in [0.25, 0.3) is 0 Å². The fourth-order valence-electron chi connectivity index (χ4n) is 10.7. The summed E-state index contributed by atoms with van der Waals surface area (Å²) in [5.41, 5.74) is 0.843. The molecule has 0 aromatic rings. The molecule has 4 saturated carbocycles. The molecule has 4 rings (SSSR count). The van der Waals surface area contributed by atoms with E-state index < -0.39 is 28.3 Å². The van der Waals surface area contributed by atoms with Crippen LogP contribution in [0.15, 0.2) is 10.4 Å². The SMILES string of the molecule is CC(C)CCCC(C)[C@H]1CCC2C3CCC4C[C@@H](O[C@@H](O)[C@H](C)C(N=O)[C@H](O)C(I)CN=O)CC[C@]4(C)C3CC[C@@]21C. The van der Waals surface area contributed by atoms with Crippen molar-refractivity contribution in [2.45, 2.75) is 147 Å². The zero-order valence-corrected chi connectivity index (χ0v) is 29.2. The van der Waals surface area contributed by atoms with E-state index in [1.807, 2.05) is 22.6 Å². The summed E-state index contributed by atoms with van der Waals surface area (Å²) in [7, 11) is 0. The molecule has 7 unspecified atom stereocenters. The summed E-state index contributed by atoms with van der Waals surface area (Å²) < 4.78 is 5.65. The molecule has 0 saturated heterocycles. The van der Waals surface area contributed by atoms with E-state index >= 15 is 0 Å². The number of ether oxygens (including phenoxy) is 1. The molecule has 4 fully saturated rings. The van der Waals surface area contributed by atoms with E-state index in [-0.39, 0.29) is 12.6 Å². The summed E-state index contributed by atoms with van der Waals surface area (Å²) in [6, 6.07) is -1.06. The first-order valence-corrected chi connectivity index (χ1v) is 18.4. The predicted octanol–water partition coefficient (Wildman–Crippen LogP) is 8.51. The Bertz CT molecular complexity index is 907. The number of alkyl halides is 1. The highest BCUT2D eigenvalue weighted by Gasteiger charge is 2.60. The molecular weight excluding hydrogens is 643 g/mol. The molecule has 4 aliphatic carbocycles. The van der Waals surface area contributed by atoms with Gasteiger partial charge >= 0.3 is 0 Å². The average Bonchev–Trinajstić information content (AvgIpc) is 3.30. The quantitative estimate of drug-likeness (QED) is 0.0817. The topological polar surface area (TPSA) is 109 Å². The van der Waals surface area contributed by atoms with Crippen LogP contribution in [0.1, 0.15) is 119 Å². The van der Waals surface area contributed by atoms with Gasteiger partial charge in [-0.05, 0) is 110 Å². The predicted molar refractivity (Wildman–Crippen MR) is 177 cm³/mol. The van der Waals surface area contributed by atoms with Crippen LogP contribution >= 0.6 is 22.6 Å². The van der Waals surface area contributed by atoms with E-state index in [0.717, 1.165) is 54.8 Å². The summed E-state index contributed by atoms with van der Waals surface area (Å²) in [5.74, 6) is 4.96. The Balaban J connectivity index is 1.35. The second kappa shape index (κ2) is 14.5. The minimum absolute atomic E-state index is 0.0510. The van der Waals surface area contributed by atoms with Gasteiger partial charge in [0.05, 0.1) is 22.7 Å². The maximum absolute atomic E-state index is 11.6. The third-order valence-electron chi connectivity index (χ3n) is 13.2. The van der Waals surface area contributed by atoms with Crippen molar-refractivity contribution in [1.82, 2.24) is 0 Å². The zero-order chi connectivity index (χ0) is 30.8. The second-order valence-electron chi connectivity index (χ2n) is 15.9. The number of nitroso groups, excluding NO2 is 2. The number of aliphatic hydroxyl groups is 2. The molecule has 0 amide bonds. The van der Waals surface area contributed by atoms with Crippen molar-refractivity contribution < 1.29 is 14.9 Å². The Morgan fingerprint density at radius 1 is 0.905 bits per heavy atom. The number of halogens is 1. The van der Waals surface area contributed by atoms with Crippen LogP contribution in [0, 0.1) is 68.0 Å². The van der Waals surface area contributed by atoms with Crippen LogP contribution < -0.4 is 0 Å². The second-order valence-corrected chi connectivity index (χ2v) is 17.5. The molecule has 8 heteroatoms. The molecular formula is C34H59IN2O5. The maximum Gasteiger partial charge on any atom is 0.159 e. The molecule has 0 spiro atoms. The van der Waals surface area contributed by atoms with Gasteiger partial charge in [0.2, 0.25) is 0 Å². The summed E-state index contributed by atoms with van der Waals surface area (Å²) in [5, 5.41) is 27.4. The molecule has 4 aliphatic rings. The van der Waals surface area contributed by atoms with Gasteiger partial charge in [-0.25, -0.2) is 0 Å². The normalized spacial score (nSPS) is 40.6. The van der Waals surface area contributed by atoms with Gasteiger partial charge in [0.1, 0.15) is 6.04 Å². The Labute approximate surface area is 268 Å². The van der Waals surface area contributed by atoms with Gasteiger partial charge in [-0.3, -0.25) is 0 Å². The number of fused-ring (bicyclic) bond motifs is 5. The van der Waals surface area contributed by atoms with Gasteiger partial charge in [-0.2, -0.15) is 9.81 Å². The van der Waals surface area contributed by atoms with Crippen LogP contribution in [0.4, 0.5) is 0 Å². The lowest BCUT2D eigenvalue weighted by Gasteiger charge is -2.61. The molecule has 0 bridgehead atoms. The first kappa shape index (κ1) is 34.7. The Hall–Kier alpha value is -0.190. The van der Waals surface area contributed by atoms with Gasteiger partial charge in [-0.1, -0.05) is 93.7 Å². The lowest BCUT2D eigenvalue weighted by atomic mass is 9.44. The number of nitrogens with zero attached hydrogens (tertiary/aromatic N) is 2. The summed E-state index contributed by atoms with van der Waals surface area (Å²) in [6.07, 6.45) is 12.9. The van der Waals surface area contributed by atoms with Crippen molar-refractivity contribution in [3.63, 3.8) is 0 Å². The van der Waals surface area contributed by atoms with Gasteiger partial charge in [0, 0.05) is 5.92 Å². The highest BCUT2D eigenvalue weighted by atomic mass is 127. The smallest absolute Gasteiger partial charge is 0.159 e. The minimum Gasteiger partial charge on any atom is -0.390 e. The molecule has 0 aromatic heterocycles. The van der Waals surface area contributed by atoms with Crippen LogP contribution in [-0.2, 0) is 4.74 Å². The van der Waals surface area contributed by atoms with Crippen molar-refractivity contribution >= 4 is 22.6 Å². The fourth-order valence-corrected chi connectivity index (χ4v) is 11.3. The molecule has 2 N–H and O–H groups in total. The molecule has 0 aliphatic heterocycles. The lowest BCUT2D eigenvalue weighted by molar-refractivity contribution is -0.201. The Morgan fingerprint density at radius 3 is 2.26 bits per heavy atom. The van der Waals surface area contributed by atoms with Crippen molar-refractivity contribution in [2.75, 3.05) is 6.54 Å². The van der Waals surface area contributed by atoms with Crippen LogP contribution in [0.25, 0.3) is 0 Å². The van der Waals surface area contributed by atoms with Gasteiger partial charge < -0.3 is 14.9 Å². The van der Waals surface area contributed by atoms with E-state index in [1.165, 1.54) is 57.8 Å². The molecule has 0 heterocycles. The number of hydrogen-bond donors (Lipinski definition) is 2. The monoisotopic (exact) mass is 702 g/mol. The highest BCUT2D eigenvalue weighted by Crippen LogP contribution is 2.68. The number of aliphatic hydroxyl groups excluding tert-OH is 2. The average molecular weight is 703 g/mol. The van der Waals surface area contributed by atoms with E-state index in [9.17, 15) is 20.0 Å². The van der Waals surface area contributed by atoms with Crippen molar-refractivity contribution in [1.29, 1.82) is 0 Å². The number of rotatable bonds is 14. The molecule has 7 nitrogen and oxygen atoms in total. The first-order valence-electron chi connectivity index (χ1n) is 17.1. The lowest BCUT2D eigenvalue weighted by Crippen LogP contribution is -2.54. The zero-order valence-electron chi connectivity index (χ0n) is 27.1. The van der Waals surface area contributed by atoms with E-state index in [0.29, 0.717) is 16.7 Å². The molecule has 242 valence electrons. The maximum atomic E-state index is 11.6. The molecule has 0 radical (unpaired) electrons. The summed E-state index contributed by atoms with van der Waals surface area (Å²) in [6.45, 7) is 14.1. The third-order valence-corrected chi connectivity index (χ3v) is 14.4. The fraction of sp³-hybridized carbons (Fsp3) is 1.00. The summed E-state index contributed by atoms with van der Waals surface area (Å²) >= 11 is 1.91. The largest absolute Gasteiger partial charge is 0.390 e. The number of hydrogen-bond acceptors (Lipinski definition) is 7. The molecule has 14 atom stereocenters. The van der Waals surface area contributed by atoms with Crippen molar-refractivity contribution in [3.8, 4) is 0 Å². The Kier molecular flexibility index (Phi) is 12.0. The van der Waals surface area contributed by atoms with Crippen molar-refractivity contribution in [3.05, 3.63) is 9.81 Å². The van der Waals surface area contributed by atoms with Crippen LogP contribution in [0.5, 0.6) is 0 Å². The van der Waals surface area contributed by atoms with E-state index in [2.05, 4.69) is 45.0 Å². The molecule has 0 aromatic carbocycles. The van der Waals surface area contributed by atoms with Gasteiger partial charge in [0.15, 0.2) is 6.29 Å². The molecule has 42 heavy (non-hydrogen) atoms. The van der Waals surface area contributed by atoms with Crippen LogP contribution in [-0.4, -0.2) is 45.2 Å². The summed E-state index contributed by atoms with van der Waals surface area (Å²) in [4.78, 5) is 22.2. The van der Waals surface area contributed by atoms with Crippen molar-refractivity contribution in [2.24, 2.45) is 68.5 Å². The van der Waals surface area contributed by atoms with Crippen LogP contribution in [0.2, 0.25) is 0 Å². The van der Waals surface area contributed by atoms with E-state index in [4.69, 9.17) is 4.74 Å². The van der Waals surface area contributed by atoms with Gasteiger partial charge in [-0.15, -0.1) is 0 Å². The Morgan fingerprint density at radius 2 is 1.60 bits per heavy atom. The standard InChI is InChI=1S/C34H59IN2O5/c1-20(2)8-7-9-21(3)26-12-13-27-25-11-10-23-18-24(14-16-33(23,5)28(25)15-17-34(26,27)6)42-32(39)22(4)30(37-41)31(38)29(35)19-36-40/h20-32,38-39H,7-19H2,1-6H3/t21?,22-,23?,24+,25?,26-,27?,28?,29?,30?,31-,32-,33+,34-/m1/s1. The third kappa shape index (κ3) is 6.96. The highest BCUT2D eigenvalue weighted by molar-refractivity contribution is 14.1. The van der Waals surface area contributed by atoms with E-state index in [1.54, 1.807) is 6.92 Å². The first-order chi connectivity index (χ1) is 19.9. The minimum atomic E-state index is -1.19. The van der Waals surface area contributed by atoms with Crippen LogP contribution in [0.3, 0.4) is 0 Å².